The smallest absolute Gasteiger partial charge is 0.264 e. The first-order valence-corrected chi connectivity index (χ1v) is 9.75. The van der Waals surface area contributed by atoms with Gasteiger partial charge >= 0.3 is 0 Å². The average Bonchev–Trinajstić information content (AvgIpc) is 2.53. The van der Waals surface area contributed by atoms with Crippen LogP contribution in [0.1, 0.15) is 18.4 Å². The van der Waals surface area contributed by atoms with Crippen LogP contribution >= 0.6 is 0 Å². The second kappa shape index (κ2) is 9.17. The van der Waals surface area contributed by atoms with E-state index in [1.54, 1.807) is 0 Å². The summed E-state index contributed by atoms with van der Waals surface area (Å²) in [7, 11) is -3.80. The summed E-state index contributed by atoms with van der Waals surface area (Å²) >= 11 is 0. The Bertz CT molecular complexity index is 579. The first kappa shape index (κ1) is 18.1. The van der Waals surface area contributed by atoms with Crippen LogP contribution < -0.4 is 0 Å². The molecule has 1 saturated heterocycles. The van der Waals surface area contributed by atoms with Crippen LogP contribution in [0.3, 0.4) is 0 Å². The van der Waals surface area contributed by atoms with E-state index in [1.165, 1.54) is 5.56 Å². The van der Waals surface area contributed by atoms with Gasteiger partial charge in [0.1, 0.15) is 0 Å². The second-order valence-corrected chi connectivity index (χ2v) is 7.52. The van der Waals surface area contributed by atoms with E-state index in [9.17, 15) is 8.42 Å². The molecule has 2 rings (SSSR count). The summed E-state index contributed by atoms with van der Waals surface area (Å²) in [5.74, 6) is -0.128. The molecule has 0 radical (unpaired) electrons. The highest BCUT2D eigenvalue weighted by molar-refractivity contribution is 7.85. The minimum atomic E-state index is -3.80. The Labute approximate surface area is 139 Å². The summed E-state index contributed by atoms with van der Waals surface area (Å²) in [5.41, 5.74) is 1.23. The van der Waals surface area contributed by atoms with Gasteiger partial charge in [0.05, 0.1) is 5.75 Å². The Hall–Kier alpha value is -1.21. The normalized spacial score (nSPS) is 17.8. The molecule has 1 N–H and O–H groups in total. The van der Waals surface area contributed by atoms with Gasteiger partial charge < -0.3 is 4.90 Å². The van der Waals surface area contributed by atoms with Gasteiger partial charge in [-0.1, -0.05) is 42.5 Å². The largest absolute Gasteiger partial charge is 0.301 e. The third-order valence-electron chi connectivity index (χ3n) is 4.07. The Morgan fingerprint density at radius 2 is 1.65 bits per heavy atom. The van der Waals surface area contributed by atoms with Crippen LogP contribution in [0.2, 0.25) is 0 Å². The molecule has 0 atom stereocenters. The number of benzene rings is 1. The molecule has 0 spiro atoms. The van der Waals surface area contributed by atoms with Gasteiger partial charge in [0.25, 0.3) is 10.1 Å². The Balaban J connectivity index is 1.59. The van der Waals surface area contributed by atoms with Crippen molar-refractivity contribution in [3.05, 3.63) is 42.0 Å². The first-order chi connectivity index (χ1) is 11.0. The molecule has 5 nitrogen and oxygen atoms in total. The first-order valence-electron chi connectivity index (χ1n) is 8.14. The molecule has 0 saturated carbocycles. The van der Waals surface area contributed by atoms with E-state index in [2.05, 4.69) is 34.1 Å². The molecule has 0 amide bonds. The molecule has 1 aliphatic rings. The molecule has 6 heteroatoms. The van der Waals surface area contributed by atoms with E-state index in [0.29, 0.717) is 6.42 Å². The molecule has 0 aromatic heterocycles. The van der Waals surface area contributed by atoms with Gasteiger partial charge in [0.15, 0.2) is 0 Å². The summed E-state index contributed by atoms with van der Waals surface area (Å²) in [6.07, 6.45) is 5.70. The molecule has 1 fully saturated rings. The van der Waals surface area contributed by atoms with Crippen molar-refractivity contribution in [3.63, 3.8) is 0 Å². The van der Waals surface area contributed by atoms with Crippen LogP contribution in [0.4, 0.5) is 0 Å². The highest BCUT2D eigenvalue weighted by atomic mass is 32.2. The lowest BCUT2D eigenvalue weighted by atomic mass is 10.2. The maximum atomic E-state index is 10.7. The average molecular weight is 338 g/mol. The lowest BCUT2D eigenvalue weighted by Gasteiger charge is -2.34. The van der Waals surface area contributed by atoms with Crippen molar-refractivity contribution < 1.29 is 13.0 Å². The summed E-state index contributed by atoms with van der Waals surface area (Å²) in [4.78, 5) is 4.79. The molecule has 0 bridgehead atoms. The van der Waals surface area contributed by atoms with Crippen LogP contribution in [-0.4, -0.2) is 67.8 Å². The van der Waals surface area contributed by atoms with Crippen LogP contribution in [0, 0.1) is 0 Å². The van der Waals surface area contributed by atoms with Crippen LogP contribution in [-0.2, 0) is 10.1 Å². The summed E-state index contributed by atoms with van der Waals surface area (Å²) < 4.78 is 30.0. The third-order valence-corrected chi connectivity index (χ3v) is 4.87. The van der Waals surface area contributed by atoms with Crippen molar-refractivity contribution in [2.75, 3.05) is 45.0 Å². The lowest BCUT2D eigenvalue weighted by Crippen LogP contribution is -2.46. The van der Waals surface area contributed by atoms with Crippen molar-refractivity contribution >= 4 is 16.2 Å². The number of hydrogen-bond acceptors (Lipinski definition) is 4. The molecule has 0 aliphatic carbocycles. The van der Waals surface area contributed by atoms with Crippen molar-refractivity contribution in [1.82, 2.24) is 9.80 Å². The minimum absolute atomic E-state index is 0.128. The quantitative estimate of drug-likeness (QED) is 0.580. The van der Waals surface area contributed by atoms with Crippen molar-refractivity contribution in [2.45, 2.75) is 12.8 Å². The molecule has 0 unspecified atom stereocenters. The number of rotatable bonds is 8. The van der Waals surface area contributed by atoms with Crippen LogP contribution in [0.15, 0.2) is 36.4 Å². The number of piperazine rings is 1. The zero-order valence-electron chi connectivity index (χ0n) is 13.5. The highest BCUT2D eigenvalue weighted by Gasteiger charge is 2.15. The van der Waals surface area contributed by atoms with Gasteiger partial charge in [-0.05, 0) is 24.9 Å². The fourth-order valence-corrected chi connectivity index (χ4v) is 3.29. The predicted molar refractivity (Wildman–Crippen MR) is 94.0 cm³/mol. The lowest BCUT2D eigenvalue weighted by molar-refractivity contribution is 0.141. The van der Waals surface area contributed by atoms with Crippen molar-refractivity contribution in [1.29, 1.82) is 0 Å². The number of unbranched alkanes of at least 4 members (excludes halogenated alkanes) is 1. The highest BCUT2D eigenvalue weighted by Crippen LogP contribution is 2.06. The summed E-state index contributed by atoms with van der Waals surface area (Å²) in [5, 5.41) is 0. The van der Waals surface area contributed by atoms with Gasteiger partial charge in [-0.3, -0.25) is 9.45 Å². The Morgan fingerprint density at radius 1 is 1.00 bits per heavy atom. The van der Waals surface area contributed by atoms with Crippen molar-refractivity contribution in [3.8, 4) is 0 Å². The Kier molecular flexibility index (Phi) is 7.23. The maximum absolute atomic E-state index is 10.7. The third kappa shape index (κ3) is 7.74. The molecule has 1 heterocycles. The predicted octanol–water partition coefficient (Wildman–Crippen LogP) is 1.99. The summed E-state index contributed by atoms with van der Waals surface area (Å²) in [6.45, 7) is 5.99. The minimum Gasteiger partial charge on any atom is -0.301 e. The monoisotopic (exact) mass is 338 g/mol. The van der Waals surface area contributed by atoms with E-state index < -0.39 is 10.1 Å². The van der Waals surface area contributed by atoms with E-state index in [1.807, 2.05) is 18.2 Å². The van der Waals surface area contributed by atoms with Gasteiger partial charge in [-0.25, -0.2) is 0 Å². The van der Waals surface area contributed by atoms with Gasteiger partial charge in [-0.15, -0.1) is 0 Å². The van der Waals surface area contributed by atoms with Gasteiger partial charge in [0.2, 0.25) is 0 Å². The molecule has 1 aromatic carbocycles. The van der Waals surface area contributed by atoms with Gasteiger partial charge in [-0.2, -0.15) is 8.42 Å². The Morgan fingerprint density at radius 3 is 2.30 bits per heavy atom. The fraction of sp³-hybridized carbons (Fsp3) is 0.529. The number of hydrogen-bond donors (Lipinski definition) is 1. The standard InChI is InChI=1S/C17H26N2O3S/c20-23(21,22)16-5-4-10-18-12-14-19(15-13-18)11-6-9-17-7-2-1-3-8-17/h1-3,6-9H,4-5,10-16H2,(H,20,21,22). The van der Waals surface area contributed by atoms with E-state index in [0.717, 1.165) is 45.7 Å². The topological polar surface area (TPSA) is 60.9 Å². The molecular weight excluding hydrogens is 312 g/mol. The van der Waals surface area contributed by atoms with Crippen molar-refractivity contribution in [2.24, 2.45) is 0 Å². The zero-order valence-corrected chi connectivity index (χ0v) is 14.3. The molecular formula is C17H26N2O3S. The van der Waals surface area contributed by atoms with E-state index in [-0.39, 0.29) is 5.75 Å². The number of nitrogens with zero attached hydrogens (tertiary/aromatic N) is 2. The SMILES string of the molecule is O=S(=O)(O)CCCCN1CCN(CC=Cc2ccccc2)CC1. The second-order valence-electron chi connectivity index (χ2n) is 5.95. The van der Waals surface area contributed by atoms with Gasteiger partial charge in [0, 0.05) is 32.7 Å². The molecule has 1 aromatic rings. The zero-order chi connectivity index (χ0) is 16.5. The van der Waals surface area contributed by atoms with Crippen LogP contribution in [0.5, 0.6) is 0 Å². The van der Waals surface area contributed by atoms with Crippen LogP contribution in [0.25, 0.3) is 6.08 Å². The molecule has 128 valence electrons. The maximum Gasteiger partial charge on any atom is 0.264 e. The fourth-order valence-electron chi connectivity index (χ4n) is 2.72. The molecule has 1 aliphatic heterocycles. The van der Waals surface area contributed by atoms with E-state index in [4.69, 9.17) is 4.55 Å². The summed E-state index contributed by atoms with van der Waals surface area (Å²) in [6, 6.07) is 10.3. The van der Waals surface area contributed by atoms with E-state index >= 15 is 0 Å². The molecule has 23 heavy (non-hydrogen) atoms.